The average molecular weight is 446 g/mol. The van der Waals surface area contributed by atoms with E-state index in [1.54, 1.807) is 0 Å². The molecule has 2 heterocycles. The van der Waals surface area contributed by atoms with Gasteiger partial charge in [-0.1, -0.05) is 72.8 Å². The van der Waals surface area contributed by atoms with Crippen molar-refractivity contribution in [2.75, 3.05) is 4.90 Å². The maximum atomic E-state index is 2.56. The minimum Gasteiger partial charge on any atom is -0.309 e. The van der Waals surface area contributed by atoms with Gasteiger partial charge in [0.1, 0.15) is 0 Å². The first kappa shape index (κ1) is 18.3. The van der Waals surface area contributed by atoms with Crippen molar-refractivity contribution >= 4 is 17.1 Å². The summed E-state index contributed by atoms with van der Waals surface area (Å²) < 4.78 is 0. The standard InChI is InChI=1S/C34H23N/c1-3-10-27-20(6-1)17-30-28(27)13-12-22-15-25-19-32-26(18-29(25)33(22)30)16-24-9-5-8-23-14-21-7-2-4-11-31(21)35(32)34(23)24/h1-13,18-19H,14-17H2. The Morgan fingerprint density at radius 1 is 0.429 bits per heavy atom. The zero-order chi connectivity index (χ0) is 22.7. The first-order chi connectivity index (χ1) is 17.3. The Labute approximate surface area is 205 Å². The fraction of sp³-hybridized carbons (Fsp3) is 0.118. The van der Waals surface area contributed by atoms with Gasteiger partial charge in [0.25, 0.3) is 0 Å². The van der Waals surface area contributed by atoms with Crippen molar-refractivity contribution in [2.24, 2.45) is 0 Å². The Kier molecular flexibility index (Phi) is 3.29. The second kappa shape index (κ2) is 6.31. The third kappa shape index (κ3) is 2.29. The quantitative estimate of drug-likeness (QED) is 0.228. The third-order valence-corrected chi connectivity index (χ3v) is 8.69. The molecule has 0 saturated heterocycles. The van der Waals surface area contributed by atoms with Crippen molar-refractivity contribution in [1.29, 1.82) is 0 Å². The highest BCUT2D eigenvalue weighted by Gasteiger charge is 2.34. The molecule has 0 N–H and O–H groups in total. The van der Waals surface area contributed by atoms with Crippen LogP contribution < -0.4 is 4.90 Å². The smallest absolute Gasteiger partial charge is 0.0532 e. The van der Waals surface area contributed by atoms with Crippen LogP contribution in [0.3, 0.4) is 0 Å². The molecule has 0 atom stereocenters. The Morgan fingerprint density at radius 2 is 1.17 bits per heavy atom. The lowest BCUT2D eigenvalue weighted by molar-refractivity contribution is 1.01. The number of nitrogens with zero attached hydrogens (tertiary/aromatic N) is 1. The van der Waals surface area contributed by atoms with Gasteiger partial charge in [0.2, 0.25) is 0 Å². The van der Waals surface area contributed by atoms with E-state index in [4.69, 9.17) is 0 Å². The van der Waals surface area contributed by atoms with Gasteiger partial charge in [0.15, 0.2) is 0 Å². The molecule has 35 heavy (non-hydrogen) atoms. The van der Waals surface area contributed by atoms with Crippen LogP contribution in [0, 0.1) is 0 Å². The molecule has 0 bridgehead atoms. The highest BCUT2D eigenvalue weighted by atomic mass is 15.2. The Bertz CT molecular complexity index is 1760. The van der Waals surface area contributed by atoms with E-state index >= 15 is 0 Å². The second-order valence-corrected chi connectivity index (χ2v) is 10.5. The molecule has 2 aliphatic heterocycles. The predicted molar refractivity (Wildman–Crippen MR) is 143 cm³/mol. The summed E-state index contributed by atoms with van der Waals surface area (Å²) in [5.41, 5.74) is 21.7. The van der Waals surface area contributed by atoms with Crippen molar-refractivity contribution in [2.45, 2.75) is 25.7 Å². The van der Waals surface area contributed by atoms with Crippen molar-refractivity contribution in [1.82, 2.24) is 0 Å². The largest absolute Gasteiger partial charge is 0.309 e. The average Bonchev–Trinajstić information content (AvgIpc) is 3.45. The van der Waals surface area contributed by atoms with E-state index in [9.17, 15) is 0 Å². The monoisotopic (exact) mass is 445 g/mol. The molecule has 0 saturated carbocycles. The van der Waals surface area contributed by atoms with Crippen molar-refractivity contribution in [3.63, 3.8) is 0 Å². The number of benzene rings is 5. The minimum atomic E-state index is 1.01. The number of rotatable bonds is 0. The van der Waals surface area contributed by atoms with Crippen molar-refractivity contribution in [3.8, 4) is 22.3 Å². The molecule has 5 aromatic rings. The summed E-state index contributed by atoms with van der Waals surface area (Å²) in [5.74, 6) is 0. The summed E-state index contributed by atoms with van der Waals surface area (Å²) in [4.78, 5) is 2.56. The van der Waals surface area contributed by atoms with E-state index in [0.717, 1.165) is 25.7 Å². The second-order valence-electron chi connectivity index (χ2n) is 10.5. The van der Waals surface area contributed by atoms with Crippen LogP contribution in [0.15, 0.2) is 91.0 Å². The highest BCUT2D eigenvalue weighted by Crippen LogP contribution is 2.54. The van der Waals surface area contributed by atoms with E-state index < -0.39 is 0 Å². The number of para-hydroxylation sites is 2. The molecule has 1 nitrogen and oxygen atoms in total. The molecule has 0 unspecified atom stereocenters. The van der Waals surface area contributed by atoms with Crippen molar-refractivity contribution < 1.29 is 0 Å². The van der Waals surface area contributed by atoms with Gasteiger partial charge in [-0.3, -0.25) is 0 Å². The fourth-order valence-electron chi connectivity index (χ4n) is 7.23. The van der Waals surface area contributed by atoms with Crippen LogP contribution in [0.2, 0.25) is 0 Å². The van der Waals surface area contributed by atoms with E-state index in [-0.39, 0.29) is 0 Å². The minimum absolute atomic E-state index is 1.01. The van der Waals surface area contributed by atoms with E-state index in [1.165, 1.54) is 83.8 Å². The molecule has 0 amide bonds. The highest BCUT2D eigenvalue weighted by molar-refractivity contribution is 5.94. The van der Waals surface area contributed by atoms with Gasteiger partial charge in [-0.15, -0.1) is 0 Å². The number of hydrogen-bond donors (Lipinski definition) is 0. The number of anilines is 3. The third-order valence-electron chi connectivity index (χ3n) is 8.69. The molecule has 5 aromatic carbocycles. The molecular formula is C34H23N. The summed E-state index contributed by atoms with van der Waals surface area (Å²) in [5, 5.41) is 0. The van der Waals surface area contributed by atoms with Gasteiger partial charge in [0, 0.05) is 18.5 Å². The molecular weight excluding hydrogens is 422 g/mol. The lowest BCUT2D eigenvalue weighted by Gasteiger charge is -2.39. The van der Waals surface area contributed by atoms with E-state index in [2.05, 4.69) is 95.9 Å². The lowest BCUT2D eigenvalue weighted by atomic mass is 9.85. The Balaban J connectivity index is 1.27. The molecule has 4 aliphatic rings. The van der Waals surface area contributed by atoms with Crippen LogP contribution in [-0.4, -0.2) is 0 Å². The summed E-state index contributed by atoms with van der Waals surface area (Å²) in [6.07, 6.45) is 4.12. The molecule has 9 rings (SSSR count). The van der Waals surface area contributed by atoms with E-state index in [0.29, 0.717) is 0 Å². The van der Waals surface area contributed by atoms with Crippen LogP contribution >= 0.6 is 0 Å². The number of fused-ring (bicyclic) bond motifs is 11. The summed E-state index contributed by atoms with van der Waals surface area (Å²) in [6, 6.07) is 34.6. The van der Waals surface area contributed by atoms with Crippen LogP contribution in [-0.2, 0) is 25.7 Å². The van der Waals surface area contributed by atoms with Crippen LogP contribution in [0.1, 0.15) is 44.5 Å². The van der Waals surface area contributed by atoms with Gasteiger partial charge < -0.3 is 4.90 Å². The predicted octanol–water partition coefficient (Wildman–Crippen LogP) is 8.11. The number of hydrogen-bond acceptors (Lipinski definition) is 1. The zero-order valence-corrected chi connectivity index (χ0v) is 19.4. The first-order valence-corrected chi connectivity index (χ1v) is 12.7. The molecule has 2 aliphatic carbocycles. The topological polar surface area (TPSA) is 3.24 Å². The van der Waals surface area contributed by atoms with Gasteiger partial charge >= 0.3 is 0 Å². The first-order valence-electron chi connectivity index (χ1n) is 12.7. The maximum Gasteiger partial charge on any atom is 0.0532 e. The van der Waals surface area contributed by atoms with Crippen LogP contribution in [0.5, 0.6) is 0 Å². The zero-order valence-electron chi connectivity index (χ0n) is 19.4. The molecule has 0 spiro atoms. The van der Waals surface area contributed by atoms with Crippen LogP contribution in [0.25, 0.3) is 22.3 Å². The van der Waals surface area contributed by atoms with Gasteiger partial charge in [0.05, 0.1) is 11.4 Å². The van der Waals surface area contributed by atoms with Gasteiger partial charge in [-0.25, -0.2) is 0 Å². The molecule has 0 fully saturated rings. The van der Waals surface area contributed by atoms with Crippen molar-refractivity contribution in [3.05, 3.63) is 136 Å². The molecule has 0 aromatic heterocycles. The molecule has 164 valence electrons. The summed E-state index contributed by atoms with van der Waals surface area (Å²) in [6.45, 7) is 0. The Morgan fingerprint density at radius 3 is 2.09 bits per heavy atom. The van der Waals surface area contributed by atoms with E-state index in [1.807, 2.05) is 0 Å². The molecule has 1 heteroatoms. The fourth-order valence-corrected chi connectivity index (χ4v) is 7.23. The maximum absolute atomic E-state index is 2.56. The van der Waals surface area contributed by atoms with Gasteiger partial charge in [-0.2, -0.15) is 0 Å². The normalized spacial score (nSPS) is 14.9. The van der Waals surface area contributed by atoms with Gasteiger partial charge in [-0.05, 0) is 97.8 Å². The molecule has 0 radical (unpaired) electrons. The summed E-state index contributed by atoms with van der Waals surface area (Å²) >= 11 is 0. The lowest BCUT2D eigenvalue weighted by Crippen LogP contribution is -2.24. The Hall–Kier alpha value is -4.10. The summed E-state index contributed by atoms with van der Waals surface area (Å²) in [7, 11) is 0. The SMILES string of the molecule is c1ccc2c(c1)Cc1c-2ccc2c1-c1cc3c(cc1C2)N1c2ccccc2Cc2cccc(c21)C3. The van der Waals surface area contributed by atoms with Crippen LogP contribution in [0.4, 0.5) is 17.1 Å².